The van der Waals surface area contributed by atoms with Crippen molar-refractivity contribution in [2.75, 3.05) is 5.75 Å². The maximum absolute atomic E-state index is 13.6. The summed E-state index contributed by atoms with van der Waals surface area (Å²) in [7, 11) is 0. The van der Waals surface area contributed by atoms with Crippen molar-refractivity contribution in [3.63, 3.8) is 0 Å². The third-order valence-electron chi connectivity index (χ3n) is 5.80. The number of hydrogen-bond acceptors (Lipinski definition) is 3. The van der Waals surface area contributed by atoms with E-state index in [1.165, 1.54) is 0 Å². The van der Waals surface area contributed by atoms with Crippen LogP contribution in [0.25, 0.3) is 0 Å². The molecule has 1 N–H and O–H groups in total. The summed E-state index contributed by atoms with van der Waals surface area (Å²) >= 11 is 1.66. The quantitative estimate of drug-likeness (QED) is 0.341. The Morgan fingerprint density at radius 1 is 0.853 bits per heavy atom. The number of thioether (sulfide) groups is 1. The van der Waals surface area contributed by atoms with Gasteiger partial charge in [0.1, 0.15) is 6.04 Å². The van der Waals surface area contributed by atoms with E-state index >= 15 is 0 Å². The van der Waals surface area contributed by atoms with Crippen molar-refractivity contribution in [3.8, 4) is 0 Å². The zero-order valence-electron chi connectivity index (χ0n) is 20.0. The molecule has 0 radical (unpaired) electrons. The normalized spacial score (nSPS) is 12.5. The van der Waals surface area contributed by atoms with Crippen LogP contribution < -0.4 is 5.32 Å². The molecule has 34 heavy (non-hydrogen) atoms. The number of amides is 2. The zero-order valence-corrected chi connectivity index (χ0v) is 20.8. The van der Waals surface area contributed by atoms with Gasteiger partial charge in [0.2, 0.25) is 11.8 Å². The van der Waals surface area contributed by atoms with Crippen LogP contribution in [0.15, 0.2) is 95.9 Å². The van der Waals surface area contributed by atoms with Gasteiger partial charge in [0.15, 0.2) is 0 Å². The zero-order chi connectivity index (χ0) is 24.2. The van der Waals surface area contributed by atoms with Crippen molar-refractivity contribution in [2.45, 2.75) is 56.6 Å². The predicted molar refractivity (Wildman–Crippen MR) is 141 cm³/mol. The third kappa shape index (κ3) is 8.07. The molecule has 3 aromatic carbocycles. The van der Waals surface area contributed by atoms with Crippen LogP contribution in [0.4, 0.5) is 0 Å². The van der Waals surface area contributed by atoms with Crippen molar-refractivity contribution in [1.29, 1.82) is 0 Å². The van der Waals surface area contributed by atoms with Gasteiger partial charge in [0.05, 0.1) is 0 Å². The fraction of sp³-hybridized carbons (Fsp3) is 0.310. The molecule has 0 aliphatic carbocycles. The Bertz CT molecular complexity index is 1010. The van der Waals surface area contributed by atoms with E-state index in [2.05, 4.69) is 17.4 Å². The van der Waals surface area contributed by atoms with Crippen LogP contribution in [-0.2, 0) is 22.6 Å². The summed E-state index contributed by atoms with van der Waals surface area (Å²) in [4.78, 5) is 29.9. The summed E-state index contributed by atoms with van der Waals surface area (Å²) < 4.78 is 0. The summed E-state index contributed by atoms with van der Waals surface area (Å²) in [5, 5.41) is 3.11. The molecule has 3 rings (SSSR count). The van der Waals surface area contributed by atoms with Crippen LogP contribution in [0.5, 0.6) is 0 Å². The summed E-state index contributed by atoms with van der Waals surface area (Å²) in [6.07, 6.45) is 1.69. The largest absolute Gasteiger partial charge is 0.352 e. The van der Waals surface area contributed by atoms with Gasteiger partial charge in [-0.3, -0.25) is 9.59 Å². The molecule has 0 saturated carbocycles. The molecule has 178 valence electrons. The first kappa shape index (κ1) is 25.6. The second-order valence-electron chi connectivity index (χ2n) is 8.44. The SMILES string of the molecule is CC[C@@H](C)NC(=O)[C@H](Cc1ccccc1)N(Cc1ccccc1)C(=O)CCSc1ccccc1. The highest BCUT2D eigenvalue weighted by Gasteiger charge is 2.30. The molecule has 0 heterocycles. The predicted octanol–water partition coefficient (Wildman–Crippen LogP) is 5.72. The monoisotopic (exact) mass is 474 g/mol. The number of benzene rings is 3. The molecule has 3 aromatic rings. The molecular weight excluding hydrogens is 440 g/mol. The van der Waals surface area contributed by atoms with Crippen LogP contribution in [0.1, 0.15) is 37.8 Å². The second kappa shape index (κ2) is 13.6. The van der Waals surface area contributed by atoms with E-state index in [1.807, 2.05) is 92.7 Å². The molecule has 0 aliphatic heterocycles. The van der Waals surface area contributed by atoms with Gasteiger partial charge in [-0.15, -0.1) is 11.8 Å². The Hall–Kier alpha value is -3.05. The standard InChI is InChI=1S/C29H34N2O2S/c1-3-23(2)30-29(33)27(21-24-13-7-4-8-14-24)31(22-25-15-9-5-10-16-25)28(32)19-20-34-26-17-11-6-12-18-26/h4-18,23,27H,3,19-22H2,1-2H3,(H,30,33)/t23-,27+/m1/s1. The smallest absolute Gasteiger partial charge is 0.243 e. The molecule has 0 saturated heterocycles. The summed E-state index contributed by atoms with van der Waals surface area (Å²) in [5.41, 5.74) is 2.05. The molecular formula is C29H34N2O2S. The van der Waals surface area contributed by atoms with Crippen molar-refractivity contribution in [1.82, 2.24) is 10.2 Å². The number of hydrogen-bond donors (Lipinski definition) is 1. The Morgan fingerprint density at radius 2 is 1.41 bits per heavy atom. The van der Waals surface area contributed by atoms with Gasteiger partial charge in [-0.05, 0) is 36.6 Å². The van der Waals surface area contributed by atoms with Crippen LogP contribution in [0, 0.1) is 0 Å². The summed E-state index contributed by atoms with van der Waals surface area (Å²) in [6.45, 7) is 4.45. The van der Waals surface area contributed by atoms with E-state index in [4.69, 9.17) is 0 Å². The molecule has 5 heteroatoms. The topological polar surface area (TPSA) is 49.4 Å². The fourth-order valence-electron chi connectivity index (χ4n) is 3.69. The average molecular weight is 475 g/mol. The van der Waals surface area contributed by atoms with E-state index in [1.54, 1.807) is 16.7 Å². The lowest BCUT2D eigenvalue weighted by atomic mass is 10.0. The first-order valence-electron chi connectivity index (χ1n) is 11.9. The van der Waals surface area contributed by atoms with E-state index < -0.39 is 6.04 Å². The van der Waals surface area contributed by atoms with E-state index in [-0.39, 0.29) is 17.9 Å². The van der Waals surface area contributed by atoms with E-state index in [9.17, 15) is 9.59 Å². The van der Waals surface area contributed by atoms with Crippen molar-refractivity contribution in [2.24, 2.45) is 0 Å². The molecule has 2 amide bonds. The molecule has 0 aliphatic rings. The molecule has 0 fully saturated rings. The molecule has 4 nitrogen and oxygen atoms in total. The van der Waals surface area contributed by atoms with Crippen molar-refractivity contribution >= 4 is 23.6 Å². The van der Waals surface area contributed by atoms with Crippen LogP contribution >= 0.6 is 11.8 Å². The molecule has 0 bridgehead atoms. The van der Waals surface area contributed by atoms with E-state index in [0.29, 0.717) is 25.1 Å². The Morgan fingerprint density at radius 3 is 2.00 bits per heavy atom. The van der Waals surface area contributed by atoms with Gasteiger partial charge in [-0.1, -0.05) is 85.8 Å². The minimum absolute atomic E-state index is 0.00693. The summed E-state index contributed by atoms with van der Waals surface area (Å²) in [6, 6.07) is 29.4. The first-order chi connectivity index (χ1) is 16.6. The Labute approximate surface area is 207 Å². The van der Waals surface area contributed by atoms with Crippen LogP contribution in [-0.4, -0.2) is 34.6 Å². The highest BCUT2D eigenvalue weighted by atomic mass is 32.2. The number of rotatable bonds is 12. The van der Waals surface area contributed by atoms with Crippen LogP contribution in [0.3, 0.4) is 0 Å². The second-order valence-corrected chi connectivity index (χ2v) is 9.61. The maximum Gasteiger partial charge on any atom is 0.243 e. The Balaban J connectivity index is 1.83. The van der Waals surface area contributed by atoms with Gasteiger partial charge in [-0.25, -0.2) is 0 Å². The minimum atomic E-state index is -0.578. The lowest BCUT2D eigenvalue weighted by Crippen LogP contribution is -2.52. The molecule has 0 unspecified atom stereocenters. The molecule has 0 spiro atoms. The van der Waals surface area contributed by atoms with Crippen LogP contribution in [0.2, 0.25) is 0 Å². The van der Waals surface area contributed by atoms with Gasteiger partial charge in [0.25, 0.3) is 0 Å². The highest BCUT2D eigenvalue weighted by Crippen LogP contribution is 2.21. The summed E-state index contributed by atoms with van der Waals surface area (Å²) in [5.74, 6) is 0.560. The Kier molecular flexibility index (Phi) is 10.2. The fourth-order valence-corrected chi connectivity index (χ4v) is 4.55. The molecule has 2 atom stereocenters. The lowest BCUT2D eigenvalue weighted by Gasteiger charge is -2.32. The lowest BCUT2D eigenvalue weighted by molar-refractivity contribution is -0.141. The first-order valence-corrected chi connectivity index (χ1v) is 12.9. The number of nitrogens with zero attached hydrogens (tertiary/aromatic N) is 1. The van der Waals surface area contributed by atoms with Gasteiger partial charge in [-0.2, -0.15) is 0 Å². The molecule has 0 aromatic heterocycles. The van der Waals surface area contributed by atoms with Crippen molar-refractivity contribution < 1.29 is 9.59 Å². The highest BCUT2D eigenvalue weighted by molar-refractivity contribution is 7.99. The van der Waals surface area contributed by atoms with E-state index in [0.717, 1.165) is 22.4 Å². The van der Waals surface area contributed by atoms with Gasteiger partial charge in [0, 0.05) is 36.1 Å². The maximum atomic E-state index is 13.6. The average Bonchev–Trinajstić information content (AvgIpc) is 2.87. The number of carbonyl (C=O) groups is 2. The van der Waals surface area contributed by atoms with Crippen molar-refractivity contribution in [3.05, 3.63) is 102 Å². The van der Waals surface area contributed by atoms with Gasteiger partial charge >= 0.3 is 0 Å². The number of nitrogens with one attached hydrogen (secondary N) is 1. The minimum Gasteiger partial charge on any atom is -0.352 e. The third-order valence-corrected chi connectivity index (χ3v) is 6.81. The van der Waals surface area contributed by atoms with Gasteiger partial charge < -0.3 is 10.2 Å². The number of carbonyl (C=O) groups excluding carboxylic acids is 2.